The lowest BCUT2D eigenvalue weighted by molar-refractivity contribution is 0.336. The van der Waals surface area contributed by atoms with Crippen molar-refractivity contribution in [3.05, 3.63) is 53.7 Å². The van der Waals surface area contributed by atoms with Crippen LogP contribution in [0.5, 0.6) is 5.75 Å². The van der Waals surface area contributed by atoms with Gasteiger partial charge in [0.2, 0.25) is 0 Å². The SMILES string of the molecule is CCOc1ccccc1CNC(=NC)NCc1ccc(N2CCCC2)nc1.I. The van der Waals surface area contributed by atoms with Crippen molar-refractivity contribution in [3.8, 4) is 5.75 Å². The standard InChI is InChI=1S/C21H29N5O.HI/c1-3-27-19-9-5-4-8-18(19)16-25-21(22-2)24-15-17-10-11-20(23-14-17)26-12-6-7-13-26;/h4-5,8-11,14H,3,6-7,12-13,15-16H2,1-2H3,(H2,22,24,25);1H. The predicted molar refractivity (Wildman–Crippen MR) is 126 cm³/mol. The first-order chi connectivity index (χ1) is 13.3. The highest BCUT2D eigenvalue weighted by Gasteiger charge is 2.13. The van der Waals surface area contributed by atoms with Crippen molar-refractivity contribution >= 4 is 35.8 Å². The number of halogens is 1. The Kier molecular flexibility index (Phi) is 9.33. The average Bonchev–Trinajstić information content (AvgIpc) is 3.25. The Hall–Kier alpha value is -2.03. The van der Waals surface area contributed by atoms with Crippen molar-refractivity contribution in [1.82, 2.24) is 15.6 Å². The molecule has 1 saturated heterocycles. The van der Waals surface area contributed by atoms with E-state index in [2.05, 4.69) is 43.7 Å². The van der Waals surface area contributed by atoms with Gasteiger partial charge in [-0.05, 0) is 37.5 Å². The summed E-state index contributed by atoms with van der Waals surface area (Å²) in [5, 5.41) is 6.68. The quantitative estimate of drug-likeness (QED) is 0.350. The molecule has 0 saturated carbocycles. The van der Waals surface area contributed by atoms with Crippen LogP contribution < -0.4 is 20.3 Å². The Bertz CT molecular complexity index is 745. The molecule has 0 aliphatic carbocycles. The number of aliphatic imine (C=N–C) groups is 1. The number of nitrogens with zero attached hydrogens (tertiary/aromatic N) is 3. The Balaban J connectivity index is 0.00000280. The van der Waals surface area contributed by atoms with Gasteiger partial charge in [0.15, 0.2) is 5.96 Å². The molecule has 1 aromatic carbocycles. The summed E-state index contributed by atoms with van der Waals surface area (Å²) >= 11 is 0. The van der Waals surface area contributed by atoms with Gasteiger partial charge in [0, 0.05) is 45.0 Å². The van der Waals surface area contributed by atoms with Crippen LogP contribution >= 0.6 is 24.0 Å². The Morgan fingerprint density at radius 2 is 1.86 bits per heavy atom. The van der Waals surface area contributed by atoms with Crippen LogP contribution in [0, 0.1) is 0 Å². The molecule has 1 fully saturated rings. The third-order valence-electron chi connectivity index (χ3n) is 4.64. The van der Waals surface area contributed by atoms with E-state index in [9.17, 15) is 0 Å². The predicted octanol–water partition coefficient (Wildman–Crippen LogP) is 3.56. The van der Waals surface area contributed by atoms with Gasteiger partial charge >= 0.3 is 0 Å². The molecule has 2 heterocycles. The maximum atomic E-state index is 5.67. The molecule has 0 bridgehead atoms. The third kappa shape index (κ3) is 6.25. The molecule has 6 nitrogen and oxygen atoms in total. The summed E-state index contributed by atoms with van der Waals surface area (Å²) in [5.74, 6) is 2.74. The Morgan fingerprint density at radius 1 is 1.11 bits per heavy atom. The molecule has 1 aliphatic rings. The van der Waals surface area contributed by atoms with Crippen molar-refractivity contribution in [1.29, 1.82) is 0 Å². The van der Waals surface area contributed by atoms with Crippen molar-refractivity contribution in [2.24, 2.45) is 4.99 Å². The highest BCUT2D eigenvalue weighted by Crippen LogP contribution is 2.18. The van der Waals surface area contributed by atoms with Crippen molar-refractivity contribution in [2.75, 3.05) is 31.6 Å². The number of ether oxygens (including phenoxy) is 1. The second kappa shape index (κ2) is 11.7. The fourth-order valence-corrected chi connectivity index (χ4v) is 3.19. The first-order valence-electron chi connectivity index (χ1n) is 9.65. The molecule has 0 radical (unpaired) electrons. The lowest BCUT2D eigenvalue weighted by atomic mass is 10.2. The van der Waals surface area contributed by atoms with Crippen LogP contribution in [-0.2, 0) is 13.1 Å². The van der Waals surface area contributed by atoms with Gasteiger partial charge < -0.3 is 20.3 Å². The molecule has 0 atom stereocenters. The average molecular weight is 495 g/mol. The number of aromatic nitrogens is 1. The van der Waals surface area contributed by atoms with Gasteiger partial charge in [-0.15, -0.1) is 24.0 Å². The van der Waals surface area contributed by atoms with Crippen molar-refractivity contribution < 1.29 is 4.74 Å². The monoisotopic (exact) mass is 495 g/mol. The zero-order chi connectivity index (χ0) is 18.9. The van der Waals surface area contributed by atoms with Crippen LogP contribution in [0.25, 0.3) is 0 Å². The highest BCUT2D eigenvalue weighted by molar-refractivity contribution is 14.0. The summed E-state index contributed by atoms with van der Waals surface area (Å²) in [6.45, 7) is 6.22. The number of pyridine rings is 1. The molecule has 7 heteroatoms. The maximum Gasteiger partial charge on any atom is 0.191 e. The molecule has 0 spiro atoms. The molecule has 2 N–H and O–H groups in total. The van der Waals surface area contributed by atoms with Gasteiger partial charge in [-0.3, -0.25) is 4.99 Å². The minimum absolute atomic E-state index is 0. The maximum absolute atomic E-state index is 5.67. The van der Waals surface area contributed by atoms with Crippen molar-refractivity contribution in [2.45, 2.75) is 32.9 Å². The first kappa shape index (κ1) is 22.3. The van der Waals surface area contributed by atoms with Gasteiger partial charge in [0.1, 0.15) is 11.6 Å². The van der Waals surface area contributed by atoms with E-state index in [4.69, 9.17) is 4.74 Å². The number of hydrogen-bond acceptors (Lipinski definition) is 4. The smallest absolute Gasteiger partial charge is 0.191 e. The van der Waals surface area contributed by atoms with Crippen LogP contribution in [0.2, 0.25) is 0 Å². The molecule has 1 aliphatic heterocycles. The third-order valence-corrected chi connectivity index (χ3v) is 4.64. The minimum atomic E-state index is 0. The molecule has 152 valence electrons. The summed E-state index contributed by atoms with van der Waals surface area (Å²) in [4.78, 5) is 11.2. The van der Waals surface area contributed by atoms with Gasteiger partial charge in [-0.25, -0.2) is 4.98 Å². The summed E-state index contributed by atoms with van der Waals surface area (Å²) in [7, 11) is 1.78. The molecule has 1 aromatic heterocycles. The van der Waals surface area contributed by atoms with Crippen molar-refractivity contribution in [3.63, 3.8) is 0 Å². The highest BCUT2D eigenvalue weighted by atomic mass is 127. The Morgan fingerprint density at radius 3 is 2.54 bits per heavy atom. The molecule has 3 rings (SSSR count). The molecular formula is C21H30IN5O. The topological polar surface area (TPSA) is 61.8 Å². The van der Waals surface area contributed by atoms with Gasteiger partial charge in [-0.1, -0.05) is 24.3 Å². The van der Waals surface area contributed by atoms with E-state index in [0.29, 0.717) is 19.7 Å². The van der Waals surface area contributed by atoms with Crippen LogP contribution in [0.4, 0.5) is 5.82 Å². The van der Waals surface area contributed by atoms with Gasteiger partial charge in [0.05, 0.1) is 6.61 Å². The summed E-state index contributed by atoms with van der Waals surface area (Å²) < 4.78 is 5.67. The fraction of sp³-hybridized carbons (Fsp3) is 0.429. The largest absolute Gasteiger partial charge is 0.494 e. The normalized spacial score (nSPS) is 13.8. The Labute approximate surface area is 184 Å². The molecule has 28 heavy (non-hydrogen) atoms. The van der Waals surface area contributed by atoms with E-state index < -0.39 is 0 Å². The number of para-hydroxylation sites is 1. The fourth-order valence-electron chi connectivity index (χ4n) is 3.19. The zero-order valence-corrected chi connectivity index (χ0v) is 19.0. The zero-order valence-electron chi connectivity index (χ0n) is 16.6. The number of nitrogens with one attached hydrogen (secondary N) is 2. The molecular weight excluding hydrogens is 465 g/mol. The lowest BCUT2D eigenvalue weighted by Gasteiger charge is -2.17. The van der Waals surface area contributed by atoms with Gasteiger partial charge in [0.25, 0.3) is 0 Å². The number of hydrogen-bond donors (Lipinski definition) is 2. The van der Waals surface area contributed by atoms with Crippen LogP contribution in [-0.4, -0.2) is 37.7 Å². The number of rotatable bonds is 7. The van der Waals surface area contributed by atoms with E-state index in [1.54, 1.807) is 7.05 Å². The lowest BCUT2D eigenvalue weighted by Crippen LogP contribution is -2.36. The van der Waals surface area contributed by atoms with E-state index in [0.717, 1.165) is 41.7 Å². The summed E-state index contributed by atoms with van der Waals surface area (Å²) in [6, 6.07) is 12.3. The number of benzene rings is 1. The van der Waals surface area contributed by atoms with E-state index in [1.165, 1.54) is 12.8 Å². The summed E-state index contributed by atoms with van der Waals surface area (Å²) in [6.07, 6.45) is 4.47. The first-order valence-corrected chi connectivity index (χ1v) is 9.65. The molecule has 0 unspecified atom stereocenters. The van der Waals surface area contributed by atoms with Crippen LogP contribution in [0.3, 0.4) is 0 Å². The van der Waals surface area contributed by atoms with Crippen LogP contribution in [0.15, 0.2) is 47.6 Å². The van der Waals surface area contributed by atoms with E-state index in [1.807, 2.05) is 31.3 Å². The van der Waals surface area contributed by atoms with Gasteiger partial charge in [-0.2, -0.15) is 0 Å². The number of guanidine groups is 1. The summed E-state index contributed by atoms with van der Waals surface area (Å²) in [5.41, 5.74) is 2.24. The van der Waals surface area contributed by atoms with E-state index in [-0.39, 0.29) is 24.0 Å². The molecule has 0 amide bonds. The van der Waals surface area contributed by atoms with E-state index >= 15 is 0 Å². The second-order valence-electron chi connectivity index (χ2n) is 6.54. The minimum Gasteiger partial charge on any atom is -0.494 e. The second-order valence-corrected chi connectivity index (χ2v) is 6.54. The molecule has 2 aromatic rings. The number of anilines is 1. The van der Waals surface area contributed by atoms with Crippen LogP contribution in [0.1, 0.15) is 30.9 Å².